The van der Waals surface area contributed by atoms with Gasteiger partial charge in [-0.25, -0.2) is 0 Å². The zero-order valence-electron chi connectivity index (χ0n) is 10.1. The average Bonchev–Trinajstić information content (AvgIpc) is 2.40. The van der Waals surface area contributed by atoms with Gasteiger partial charge in [-0.3, -0.25) is 4.79 Å². The molecule has 0 fully saturated rings. The van der Waals surface area contributed by atoms with Crippen LogP contribution in [-0.4, -0.2) is 5.91 Å². The lowest BCUT2D eigenvalue weighted by atomic mass is 10.1. The molecule has 18 heavy (non-hydrogen) atoms. The number of carbonyl (C=O) groups excluding carboxylic acids is 1. The van der Waals surface area contributed by atoms with E-state index >= 15 is 0 Å². The number of carbonyl (C=O) groups is 1. The molecule has 0 aliphatic rings. The Bertz CT molecular complexity index is 523. The van der Waals surface area contributed by atoms with Crippen molar-refractivity contribution in [1.29, 1.82) is 0 Å². The molecule has 0 aromatic heterocycles. The van der Waals surface area contributed by atoms with Gasteiger partial charge in [0.1, 0.15) is 0 Å². The van der Waals surface area contributed by atoms with Gasteiger partial charge in [-0.05, 0) is 17.2 Å². The fourth-order valence-corrected chi connectivity index (χ4v) is 1.73. The van der Waals surface area contributed by atoms with Crippen LogP contribution in [0.3, 0.4) is 0 Å². The van der Waals surface area contributed by atoms with E-state index in [1.165, 1.54) is 0 Å². The Balaban J connectivity index is 1.88. The fraction of sp³-hybridized carbons (Fsp3) is 0.133. The minimum Gasteiger partial charge on any atom is -0.398 e. The molecule has 92 valence electrons. The number of para-hydroxylation sites is 1. The third-order valence-electron chi connectivity index (χ3n) is 2.74. The first-order valence-electron chi connectivity index (χ1n) is 5.90. The smallest absolute Gasteiger partial charge is 0.224 e. The van der Waals surface area contributed by atoms with Crippen molar-refractivity contribution in [3.63, 3.8) is 0 Å². The van der Waals surface area contributed by atoms with Gasteiger partial charge >= 0.3 is 0 Å². The van der Waals surface area contributed by atoms with Crippen molar-refractivity contribution in [3.8, 4) is 0 Å². The number of rotatable bonds is 4. The van der Waals surface area contributed by atoms with Crippen molar-refractivity contribution in [3.05, 3.63) is 65.7 Å². The van der Waals surface area contributed by atoms with Crippen LogP contribution >= 0.6 is 0 Å². The molecule has 0 heterocycles. The van der Waals surface area contributed by atoms with Crippen LogP contribution in [0.2, 0.25) is 0 Å². The maximum Gasteiger partial charge on any atom is 0.224 e. The van der Waals surface area contributed by atoms with Crippen LogP contribution in [0.15, 0.2) is 54.6 Å². The minimum atomic E-state index is -0.0169. The van der Waals surface area contributed by atoms with Gasteiger partial charge < -0.3 is 11.1 Å². The van der Waals surface area contributed by atoms with E-state index < -0.39 is 0 Å². The van der Waals surface area contributed by atoms with Gasteiger partial charge in [0.05, 0.1) is 6.42 Å². The van der Waals surface area contributed by atoms with Crippen molar-refractivity contribution in [1.82, 2.24) is 5.32 Å². The zero-order chi connectivity index (χ0) is 12.8. The van der Waals surface area contributed by atoms with E-state index in [2.05, 4.69) is 5.32 Å². The monoisotopic (exact) mass is 240 g/mol. The van der Waals surface area contributed by atoms with Crippen LogP contribution in [0.5, 0.6) is 0 Å². The second-order valence-corrected chi connectivity index (χ2v) is 4.14. The van der Waals surface area contributed by atoms with Gasteiger partial charge in [0.15, 0.2) is 0 Å². The number of hydrogen-bond acceptors (Lipinski definition) is 2. The molecule has 3 N–H and O–H groups in total. The molecule has 0 unspecified atom stereocenters. The van der Waals surface area contributed by atoms with Crippen LogP contribution in [0.4, 0.5) is 5.69 Å². The molecule has 2 aromatic carbocycles. The van der Waals surface area contributed by atoms with Gasteiger partial charge in [0.25, 0.3) is 0 Å². The third kappa shape index (κ3) is 3.35. The summed E-state index contributed by atoms with van der Waals surface area (Å²) in [4.78, 5) is 11.8. The number of nitrogen functional groups attached to an aromatic ring is 1. The second kappa shape index (κ2) is 5.87. The van der Waals surface area contributed by atoms with Gasteiger partial charge in [0, 0.05) is 12.2 Å². The van der Waals surface area contributed by atoms with Crippen molar-refractivity contribution in [2.24, 2.45) is 0 Å². The normalized spacial score (nSPS) is 10.0. The molecule has 0 saturated carbocycles. The summed E-state index contributed by atoms with van der Waals surface area (Å²) in [6.07, 6.45) is 0.319. The maximum absolute atomic E-state index is 11.8. The van der Waals surface area contributed by atoms with E-state index in [0.29, 0.717) is 18.7 Å². The van der Waals surface area contributed by atoms with Gasteiger partial charge in [-0.2, -0.15) is 0 Å². The molecular formula is C15H16N2O. The molecule has 3 nitrogen and oxygen atoms in total. The molecule has 0 bridgehead atoms. The molecule has 3 heteroatoms. The Hall–Kier alpha value is -2.29. The van der Waals surface area contributed by atoms with Crippen LogP contribution < -0.4 is 11.1 Å². The fourth-order valence-electron chi connectivity index (χ4n) is 1.73. The highest BCUT2D eigenvalue weighted by Crippen LogP contribution is 2.10. The van der Waals surface area contributed by atoms with Crippen molar-refractivity contribution in [2.75, 3.05) is 5.73 Å². The number of hydrogen-bond donors (Lipinski definition) is 2. The van der Waals surface area contributed by atoms with E-state index in [1.54, 1.807) is 6.07 Å². The highest BCUT2D eigenvalue weighted by Gasteiger charge is 2.05. The molecule has 0 atom stereocenters. The molecular weight excluding hydrogens is 224 g/mol. The molecule has 2 aromatic rings. The summed E-state index contributed by atoms with van der Waals surface area (Å²) in [6.45, 7) is 0.548. The summed E-state index contributed by atoms with van der Waals surface area (Å²) < 4.78 is 0. The lowest BCUT2D eigenvalue weighted by Crippen LogP contribution is -2.24. The summed E-state index contributed by atoms with van der Waals surface area (Å²) in [5.41, 5.74) is 8.41. The highest BCUT2D eigenvalue weighted by atomic mass is 16.1. The maximum atomic E-state index is 11.8. The number of anilines is 1. The van der Waals surface area contributed by atoms with E-state index in [1.807, 2.05) is 48.5 Å². The summed E-state index contributed by atoms with van der Waals surface area (Å²) in [5.74, 6) is -0.0169. The molecule has 0 spiro atoms. The lowest BCUT2D eigenvalue weighted by Gasteiger charge is -2.07. The van der Waals surface area contributed by atoms with Crippen LogP contribution in [0.25, 0.3) is 0 Å². The standard InChI is InChI=1S/C15H16N2O/c16-14-9-5-4-8-13(14)10-15(18)17-11-12-6-2-1-3-7-12/h1-9H,10-11,16H2,(H,17,18). The molecule has 1 amide bonds. The van der Waals surface area contributed by atoms with Crippen LogP contribution in [0.1, 0.15) is 11.1 Å². The Kier molecular flexibility index (Phi) is 3.97. The van der Waals surface area contributed by atoms with Crippen molar-refractivity contribution < 1.29 is 4.79 Å². The number of benzene rings is 2. The van der Waals surface area contributed by atoms with Gasteiger partial charge in [-0.15, -0.1) is 0 Å². The molecule has 0 radical (unpaired) electrons. The first kappa shape index (κ1) is 12.2. The Morgan fingerprint density at radius 2 is 1.67 bits per heavy atom. The topological polar surface area (TPSA) is 55.1 Å². The summed E-state index contributed by atoms with van der Waals surface area (Å²) in [7, 11) is 0. The summed E-state index contributed by atoms with van der Waals surface area (Å²) in [6, 6.07) is 17.3. The molecule has 0 aliphatic carbocycles. The second-order valence-electron chi connectivity index (χ2n) is 4.14. The SMILES string of the molecule is Nc1ccccc1CC(=O)NCc1ccccc1. The number of amides is 1. The van der Waals surface area contributed by atoms with Crippen LogP contribution in [0, 0.1) is 0 Å². The predicted octanol–water partition coefficient (Wildman–Crippen LogP) is 2.13. The summed E-state index contributed by atoms with van der Waals surface area (Å²) in [5, 5.41) is 2.88. The van der Waals surface area contributed by atoms with Crippen molar-refractivity contribution in [2.45, 2.75) is 13.0 Å². The van der Waals surface area contributed by atoms with Crippen molar-refractivity contribution >= 4 is 11.6 Å². The molecule has 0 saturated heterocycles. The molecule has 0 aliphatic heterocycles. The van der Waals surface area contributed by atoms with Gasteiger partial charge in [0.2, 0.25) is 5.91 Å². The van der Waals surface area contributed by atoms with E-state index in [0.717, 1.165) is 11.1 Å². The Labute approximate surface area is 107 Å². The third-order valence-corrected chi connectivity index (χ3v) is 2.74. The summed E-state index contributed by atoms with van der Waals surface area (Å²) >= 11 is 0. The first-order valence-corrected chi connectivity index (χ1v) is 5.90. The largest absolute Gasteiger partial charge is 0.398 e. The predicted molar refractivity (Wildman–Crippen MR) is 72.8 cm³/mol. The quantitative estimate of drug-likeness (QED) is 0.804. The first-order chi connectivity index (χ1) is 8.75. The zero-order valence-corrected chi connectivity index (χ0v) is 10.1. The minimum absolute atomic E-state index is 0.0169. The Morgan fingerprint density at radius 1 is 1.00 bits per heavy atom. The van der Waals surface area contributed by atoms with E-state index in [9.17, 15) is 4.79 Å². The molecule has 2 rings (SSSR count). The lowest BCUT2D eigenvalue weighted by molar-refractivity contribution is -0.120. The average molecular weight is 240 g/mol. The highest BCUT2D eigenvalue weighted by molar-refractivity contribution is 5.80. The number of nitrogens with two attached hydrogens (primary N) is 1. The van der Waals surface area contributed by atoms with Crippen LogP contribution in [-0.2, 0) is 17.8 Å². The van der Waals surface area contributed by atoms with E-state index in [4.69, 9.17) is 5.73 Å². The van der Waals surface area contributed by atoms with E-state index in [-0.39, 0.29) is 5.91 Å². The van der Waals surface area contributed by atoms with Gasteiger partial charge in [-0.1, -0.05) is 48.5 Å². The Morgan fingerprint density at radius 3 is 2.39 bits per heavy atom. The number of nitrogens with one attached hydrogen (secondary N) is 1.